The summed E-state index contributed by atoms with van der Waals surface area (Å²) in [6.07, 6.45) is -2.03. The molecule has 3 aromatic carbocycles. The number of aliphatic hydroxyl groups excluding tert-OH is 1. The predicted molar refractivity (Wildman–Crippen MR) is 154 cm³/mol. The first-order valence-corrected chi connectivity index (χ1v) is 13.5. The summed E-state index contributed by atoms with van der Waals surface area (Å²) < 4.78 is 50.0. The lowest BCUT2D eigenvalue weighted by Crippen LogP contribution is -2.18. The summed E-state index contributed by atoms with van der Waals surface area (Å²) >= 11 is 0. The van der Waals surface area contributed by atoms with Crippen molar-refractivity contribution >= 4 is 21.8 Å². The van der Waals surface area contributed by atoms with Gasteiger partial charge in [-0.2, -0.15) is 10.2 Å². The monoisotopic (exact) mass is 574 g/mol. The molecule has 0 saturated heterocycles. The molecule has 0 unspecified atom stereocenters. The lowest BCUT2D eigenvalue weighted by Gasteiger charge is -2.14. The first-order chi connectivity index (χ1) is 20.0. The number of aryl methyl sites for hydroxylation is 1. The van der Waals surface area contributed by atoms with Gasteiger partial charge in [0.2, 0.25) is 0 Å². The maximum Gasteiger partial charge on any atom is 0.573 e. The normalized spacial score (nSPS) is 13.0. The average Bonchev–Trinajstić information content (AvgIpc) is 3.60. The largest absolute Gasteiger partial charge is 0.573 e. The fourth-order valence-corrected chi connectivity index (χ4v) is 5.52. The Kier molecular flexibility index (Phi) is 6.77. The third-order valence-corrected chi connectivity index (χ3v) is 7.27. The van der Waals surface area contributed by atoms with Crippen LogP contribution >= 0.6 is 0 Å². The van der Waals surface area contributed by atoms with Crippen LogP contribution in [0.1, 0.15) is 37.1 Å². The van der Waals surface area contributed by atoms with Crippen molar-refractivity contribution in [2.45, 2.75) is 38.8 Å². The summed E-state index contributed by atoms with van der Waals surface area (Å²) in [6, 6.07) is 18.0. The molecule has 8 nitrogen and oxygen atoms in total. The van der Waals surface area contributed by atoms with Crippen molar-refractivity contribution in [3.8, 4) is 28.4 Å². The van der Waals surface area contributed by atoms with Gasteiger partial charge in [-0.15, -0.1) is 13.2 Å². The van der Waals surface area contributed by atoms with E-state index < -0.39 is 12.5 Å². The number of halogens is 3. The molecule has 6 rings (SSSR count). The van der Waals surface area contributed by atoms with Crippen LogP contribution in [-0.4, -0.2) is 40.6 Å². The second-order valence-electron chi connectivity index (χ2n) is 10.7. The second-order valence-corrected chi connectivity index (χ2v) is 10.7. The van der Waals surface area contributed by atoms with Crippen LogP contribution < -0.4 is 4.74 Å². The minimum absolute atomic E-state index is 0.00874. The Morgan fingerprint density at radius 2 is 1.67 bits per heavy atom. The Labute approximate surface area is 239 Å². The smallest absolute Gasteiger partial charge is 0.405 e. The molecule has 0 amide bonds. The number of nitrogens with zero attached hydrogens (tertiary/aromatic N) is 6. The van der Waals surface area contributed by atoms with E-state index in [1.807, 2.05) is 73.1 Å². The van der Waals surface area contributed by atoms with Gasteiger partial charge in [-0.05, 0) is 23.6 Å². The number of hydrogen-bond acceptors (Lipinski definition) is 5. The molecule has 0 aliphatic carbocycles. The number of hydrogen-bond donors (Lipinski definition) is 1. The molecule has 0 aliphatic rings. The fourth-order valence-electron chi connectivity index (χ4n) is 5.52. The molecule has 11 heteroatoms. The van der Waals surface area contributed by atoms with Gasteiger partial charge in [0.05, 0.1) is 34.9 Å². The van der Waals surface area contributed by atoms with E-state index in [1.165, 1.54) is 6.07 Å². The van der Waals surface area contributed by atoms with Gasteiger partial charge in [-0.25, -0.2) is 4.98 Å². The van der Waals surface area contributed by atoms with E-state index in [9.17, 15) is 18.3 Å². The Morgan fingerprint density at radius 1 is 0.905 bits per heavy atom. The minimum atomic E-state index is -4.89. The predicted octanol–water partition coefficient (Wildman–Crippen LogP) is 6.75. The SMILES string of the molecule is CC(C)c1c(-c2cccc3nn(C[C@H](O)c4ccccc4)cc23)nc(-c2cc3cn(C)nc3cc2OC(F)(F)F)n1C. The molecular formula is C31H29F3N6O2. The number of aliphatic hydroxyl groups is 1. The van der Waals surface area contributed by atoms with Crippen LogP contribution in [0.4, 0.5) is 13.2 Å². The highest BCUT2D eigenvalue weighted by Crippen LogP contribution is 2.41. The van der Waals surface area contributed by atoms with Crippen molar-refractivity contribution < 1.29 is 23.0 Å². The molecule has 0 radical (unpaired) electrons. The van der Waals surface area contributed by atoms with Crippen molar-refractivity contribution in [1.82, 2.24) is 29.1 Å². The standard InChI is InChI=1S/C31H29F3N6O2/c1-18(2)29-28(21-11-8-12-24-23(21)16-40(37-24)17-26(41)19-9-6-5-7-10-19)35-30(39(29)4)22-13-20-15-38(3)36-25(20)14-27(22)42-31(32,33)34/h5-16,18,26,41H,17H2,1-4H3/t26-/m0/s1. The number of imidazole rings is 1. The van der Waals surface area contributed by atoms with Crippen LogP contribution in [-0.2, 0) is 20.6 Å². The summed E-state index contributed by atoms with van der Waals surface area (Å²) in [5, 5.41) is 21.2. The fraction of sp³-hybridized carbons (Fsp3) is 0.258. The number of rotatable bonds is 7. The summed E-state index contributed by atoms with van der Waals surface area (Å²) in [5.41, 5.74) is 4.37. The molecule has 6 aromatic rings. The zero-order chi connectivity index (χ0) is 29.8. The highest BCUT2D eigenvalue weighted by Gasteiger charge is 2.34. The van der Waals surface area contributed by atoms with Gasteiger partial charge < -0.3 is 14.4 Å². The molecule has 3 heterocycles. The maximum atomic E-state index is 13.5. The van der Waals surface area contributed by atoms with Crippen molar-refractivity contribution in [3.05, 3.63) is 84.3 Å². The summed E-state index contributed by atoms with van der Waals surface area (Å²) in [7, 11) is 3.51. The third kappa shape index (κ3) is 5.11. The Balaban J connectivity index is 1.49. The van der Waals surface area contributed by atoms with Gasteiger partial charge in [-0.3, -0.25) is 9.36 Å². The molecule has 0 bridgehead atoms. The van der Waals surface area contributed by atoms with E-state index in [4.69, 9.17) is 4.98 Å². The summed E-state index contributed by atoms with van der Waals surface area (Å²) in [6.45, 7) is 4.29. The quantitative estimate of drug-likeness (QED) is 0.228. The van der Waals surface area contributed by atoms with E-state index in [-0.39, 0.29) is 23.8 Å². The molecule has 216 valence electrons. The van der Waals surface area contributed by atoms with Crippen LogP contribution in [0.2, 0.25) is 0 Å². The van der Waals surface area contributed by atoms with Crippen LogP contribution in [0.25, 0.3) is 44.5 Å². The van der Waals surface area contributed by atoms with Crippen LogP contribution in [0, 0.1) is 0 Å². The summed E-state index contributed by atoms with van der Waals surface area (Å²) in [4.78, 5) is 4.95. The number of alkyl halides is 3. The first kappa shape index (κ1) is 27.5. The zero-order valence-electron chi connectivity index (χ0n) is 23.5. The molecule has 0 saturated carbocycles. The highest BCUT2D eigenvalue weighted by molar-refractivity contribution is 5.95. The molecule has 3 aromatic heterocycles. The van der Waals surface area contributed by atoms with Gasteiger partial charge in [0, 0.05) is 54.6 Å². The van der Waals surface area contributed by atoms with E-state index in [0.29, 0.717) is 27.9 Å². The van der Waals surface area contributed by atoms with Gasteiger partial charge in [-0.1, -0.05) is 56.3 Å². The Bertz CT molecular complexity index is 1900. The number of benzene rings is 3. The molecule has 1 atom stereocenters. The molecule has 42 heavy (non-hydrogen) atoms. The van der Waals surface area contributed by atoms with Gasteiger partial charge >= 0.3 is 6.36 Å². The topological polar surface area (TPSA) is 82.9 Å². The number of ether oxygens (including phenoxy) is 1. The summed E-state index contributed by atoms with van der Waals surface area (Å²) in [5.74, 6) is -0.0438. The first-order valence-electron chi connectivity index (χ1n) is 13.5. The van der Waals surface area contributed by atoms with Crippen molar-refractivity contribution in [3.63, 3.8) is 0 Å². The Hall–Kier alpha value is -4.64. The van der Waals surface area contributed by atoms with Crippen LogP contribution in [0.5, 0.6) is 5.75 Å². The van der Waals surface area contributed by atoms with Gasteiger partial charge in [0.25, 0.3) is 0 Å². The van der Waals surface area contributed by atoms with Crippen molar-refractivity contribution in [2.75, 3.05) is 0 Å². The lowest BCUT2D eigenvalue weighted by molar-refractivity contribution is -0.274. The average molecular weight is 575 g/mol. The van der Waals surface area contributed by atoms with Crippen LogP contribution in [0.15, 0.2) is 73.1 Å². The van der Waals surface area contributed by atoms with E-state index in [1.54, 1.807) is 35.7 Å². The van der Waals surface area contributed by atoms with Gasteiger partial charge in [0.1, 0.15) is 11.6 Å². The van der Waals surface area contributed by atoms with Crippen molar-refractivity contribution in [2.24, 2.45) is 14.1 Å². The van der Waals surface area contributed by atoms with E-state index >= 15 is 0 Å². The van der Waals surface area contributed by atoms with E-state index in [0.717, 1.165) is 22.2 Å². The van der Waals surface area contributed by atoms with Crippen LogP contribution in [0.3, 0.4) is 0 Å². The minimum Gasteiger partial charge on any atom is -0.405 e. The maximum absolute atomic E-state index is 13.5. The molecule has 0 spiro atoms. The zero-order valence-corrected chi connectivity index (χ0v) is 23.5. The lowest BCUT2D eigenvalue weighted by atomic mass is 10.0. The van der Waals surface area contributed by atoms with Gasteiger partial charge in [0.15, 0.2) is 0 Å². The number of aromatic nitrogens is 6. The third-order valence-electron chi connectivity index (χ3n) is 7.27. The molecule has 0 fully saturated rings. The second kappa shape index (κ2) is 10.3. The molecular weight excluding hydrogens is 545 g/mol. The van der Waals surface area contributed by atoms with Crippen molar-refractivity contribution in [1.29, 1.82) is 0 Å². The molecule has 1 N–H and O–H groups in total. The highest BCUT2D eigenvalue weighted by atomic mass is 19.4. The van der Waals surface area contributed by atoms with E-state index in [2.05, 4.69) is 14.9 Å². The Morgan fingerprint density at radius 3 is 2.38 bits per heavy atom. The number of fused-ring (bicyclic) bond motifs is 2. The molecule has 0 aliphatic heterocycles.